The largest absolute Gasteiger partial charge is 0.329 e. The fourth-order valence-electron chi connectivity index (χ4n) is 2.71. The summed E-state index contributed by atoms with van der Waals surface area (Å²) in [6.07, 6.45) is 7.50. The first kappa shape index (κ1) is 14.3. The molecule has 0 saturated carbocycles. The molecule has 0 radical (unpaired) electrons. The molecular weight excluding hydrogens is 216 g/mol. The highest BCUT2D eigenvalue weighted by molar-refractivity contribution is 7.98. The summed E-state index contributed by atoms with van der Waals surface area (Å²) in [6, 6.07) is 1.35. The van der Waals surface area contributed by atoms with Crippen LogP contribution in [0, 0.1) is 5.92 Å². The van der Waals surface area contributed by atoms with Crippen molar-refractivity contribution in [1.29, 1.82) is 0 Å². The molecule has 0 amide bonds. The summed E-state index contributed by atoms with van der Waals surface area (Å²) in [6.45, 7) is 6.81. The molecule has 1 aliphatic rings. The Morgan fingerprint density at radius 3 is 2.75 bits per heavy atom. The Bertz CT molecular complexity index is 187. The number of thioether (sulfide) groups is 1. The number of hydrogen-bond donors (Lipinski definition) is 1. The van der Waals surface area contributed by atoms with Crippen LogP contribution in [0.25, 0.3) is 0 Å². The standard InChI is InChI=1S/C13H28N2S/c1-11-6-7-12(2)15(10-11)13(9-14)5-4-8-16-3/h11-13H,4-10,14H2,1-3H3. The lowest BCUT2D eigenvalue weighted by Gasteiger charge is -2.42. The molecule has 0 aliphatic carbocycles. The van der Waals surface area contributed by atoms with Crippen molar-refractivity contribution in [3.05, 3.63) is 0 Å². The molecule has 1 heterocycles. The summed E-state index contributed by atoms with van der Waals surface area (Å²) in [5.74, 6) is 2.12. The van der Waals surface area contributed by atoms with Crippen LogP contribution in [0.1, 0.15) is 39.5 Å². The van der Waals surface area contributed by atoms with Crippen molar-refractivity contribution in [2.75, 3.05) is 25.1 Å². The van der Waals surface area contributed by atoms with E-state index in [0.29, 0.717) is 6.04 Å². The van der Waals surface area contributed by atoms with Crippen LogP contribution in [0.5, 0.6) is 0 Å². The van der Waals surface area contributed by atoms with Gasteiger partial charge in [0.05, 0.1) is 0 Å². The summed E-state index contributed by atoms with van der Waals surface area (Å²) in [7, 11) is 0. The highest BCUT2D eigenvalue weighted by Gasteiger charge is 2.27. The zero-order valence-electron chi connectivity index (χ0n) is 11.1. The molecule has 0 bridgehead atoms. The van der Waals surface area contributed by atoms with Crippen LogP contribution in [0.3, 0.4) is 0 Å². The SMILES string of the molecule is CSCCCC(CN)N1CC(C)CCC1C. The van der Waals surface area contributed by atoms with Crippen molar-refractivity contribution in [2.24, 2.45) is 11.7 Å². The van der Waals surface area contributed by atoms with E-state index in [4.69, 9.17) is 5.73 Å². The Kier molecular flexibility index (Phi) is 6.78. The molecule has 96 valence electrons. The molecule has 1 aliphatic heterocycles. The van der Waals surface area contributed by atoms with E-state index in [9.17, 15) is 0 Å². The summed E-state index contributed by atoms with van der Waals surface area (Å²) in [5, 5.41) is 0. The predicted octanol–water partition coefficient (Wildman–Crippen LogP) is 2.58. The minimum absolute atomic E-state index is 0.616. The van der Waals surface area contributed by atoms with E-state index in [1.165, 1.54) is 38.0 Å². The highest BCUT2D eigenvalue weighted by atomic mass is 32.2. The molecular formula is C13H28N2S. The van der Waals surface area contributed by atoms with Crippen molar-refractivity contribution in [3.63, 3.8) is 0 Å². The quantitative estimate of drug-likeness (QED) is 0.728. The first-order chi connectivity index (χ1) is 7.69. The van der Waals surface area contributed by atoms with Crippen LogP contribution < -0.4 is 5.73 Å². The molecule has 3 atom stereocenters. The van der Waals surface area contributed by atoms with Gasteiger partial charge < -0.3 is 5.73 Å². The van der Waals surface area contributed by atoms with E-state index >= 15 is 0 Å². The number of piperidine rings is 1. The maximum Gasteiger partial charge on any atom is 0.0221 e. The Morgan fingerprint density at radius 1 is 1.38 bits per heavy atom. The lowest BCUT2D eigenvalue weighted by atomic mass is 9.92. The van der Waals surface area contributed by atoms with Gasteiger partial charge in [0.1, 0.15) is 0 Å². The molecule has 3 unspecified atom stereocenters. The first-order valence-corrected chi connectivity index (χ1v) is 8.03. The molecule has 0 aromatic carbocycles. The Hall–Kier alpha value is 0.270. The topological polar surface area (TPSA) is 29.3 Å². The van der Waals surface area contributed by atoms with Gasteiger partial charge in [-0.05, 0) is 50.5 Å². The van der Waals surface area contributed by atoms with E-state index < -0.39 is 0 Å². The minimum atomic E-state index is 0.616. The second kappa shape index (κ2) is 7.57. The summed E-state index contributed by atoms with van der Waals surface area (Å²) >= 11 is 1.94. The van der Waals surface area contributed by atoms with Gasteiger partial charge in [-0.1, -0.05) is 6.92 Å². The maximum atomic E-state index is 5.95. The van der Waals surface area contributed by atoms with Crippen LogP contribution in [0.2, 0.25) is 0 Å². The lowest BCUT2D eigenvalue weighted by Crippen LogP contribution is -2.50. The maximum absolute atomic E-state index is 5.95. The average molecular weight is 244 g/mol. The van der Waals surface area contributed by atoms with Gasteiger partial charge in [-0.3, -0.25) is 4.90 Å². The Balaban J connectivity index is 2.42. The number of nitrogens with zero attached hydrogens (tertiary/aromatic N) is 1. The van der Waals surface area contributed by atoms with Gasteiger partial charge in [0, 0.05) is 25.2 Å². The molecule has 2 nitrogen and oxygen atoms in total. The number of rotatable bonds is 6. The molecule has 0 aromatic heterocycles. The fourth-order valence-corrected chi connectivity index (χ4v) is 3.17. The molecule has 0 spiro atoms. The van der Waals surface area contributed by atoms with E-state index in [2.05, 4.69) is 25.0 Å². The highest BCUT2D eigenvalue weighted by Crippen LogP contribution is 2.24. The predicted molar refractivity (Wildman–Crippen MR) is 75.0 cm³/mol. The number of hydrogen-bond acceptors (Lipinski definition) is 3. The number of likely N-dealkylation sites (tertiary alicyclic amines) is 1. The van der Waals surface area contributed by atoms with E-state index in [0.717, 1.165) is 18.5 Å². The summed E-state index contributed by atoms with van der Waals surface area (Å²) in [4.78, 5) is 2.66. The molecule has 0 aromatic rings. The molecule has 1 fully saturated rings. The van der Waals surface area contributed by atoms with Crippen molar-refractivity contribution in [1.82, 2.24) is 4.90 Å². The van der Waals surface area contributed by atoms with Gasteiger partial charge in [-0.15, -0.1) is 0 Å². The molecule has 2 N–H and O–H groups in total. The van der Waals surface area contributed by atoms with Crippen LogP contribution in [-0.2, 0) is 0 Å². The minimum Gasteiger partial charge on any atom is -0.329 e. The third kappa shape index (κ3) is 4.27. The van der Waals surface area contributed by atoms with Gasteiger partial charge in [0.2, 0.25) is 0 Å². The third-order valence-electron chi connectivity index (χ3n) is 3.79. The van der Waals surface area contributed by atoms with Crippen molar-refractivity contribution in [2.45, 2.75) is 51.6 Å². The van der Waals surface area contributed by atoms with Crippen molar-refractivity contribution in [3.8, 4) is 0 Å². The van der Waals surface area contributed by atoms with Crippen LogP contribution >= 0.6 is 11.8 Å². The second-order valence-electron chi connectivity index (χ2n) is 5.25. The van der Waals surface area contributed by atoms with Crippen molar-refractivity contribution >= 4 is 11.8 Å². The summed E-state index contributed by atoms with van der Waals surface area (Å²) < 4.78 is 0. The third-order valence-corrected chi connectivity index (χ3v) is 4.49. The average Bonchev–Trinajstić information content (AvgIpc) is 2.28. The smallest absolute Gasteiger partial charge is 0.0221 e. The Labute approximate surface area is 105 Å². The monoisotopic (exact) mass is 244 g/mol. The lowest BCUT2D eigenvalue weighted by molar-refractivity contribution is 0.0757. The van der Waals surface area contributed by atoms with E-state index in [-0.39, 0.29) is 0 Å². The molecule has 1 saturated heterocycles. The zero-order valence-corrected chi connectivity index (χ0v) is 11.9. The Morgan fingerprint density at radius 2 is 2.12 bits per heavy atom. The molecule has 3 heteroatoms. The normalized spacial score (nSPS) is 29.2. The molecule has 16 heavy (non-hydrogen) atoms. The fraction of sp³-hybridized carbons (Fsp3) is 1.00. The summed E-state index contributed by atoms with van der Waals surface area (Å²) in [5.41, 5.74) is 5.95. The first-order valence-electron chi connectivity index (χ1n) is 6.63. The zero-order chi connectivity index (χ0) is 12.0. The van der Waals surface area contributed by atoms with Crippen molar-refractivity contribution < 1.29 is 0 Å². The van der Waals surface area contributed by atoms with Crippen LogP contribution in [0.4, 0.5) is 0 Å². The van der Waals surface area contributed by atoms with Gasteiger partial charge in [-0.2, -0.15) is 11.8 Å². The number of nitrogens with two attached hydrogens (primary N) is 1. The molecule has 1 rings (SSSR count). The van der Waals surface area contributed by atoms with Gasteiger partial charge >= 0.3 is 0 Å². The van der Waals surface area contributed by atoms with E-state index in [1.807, 2.05) is 11.8 Å². The van der Waals surface area contributed by atoms with E-state index in [1.54, 1.807) is 0 Å². The van der Waals surface area contributed by atoms with Gasteiger partial charge in [-0.25, -0.2) is 0 Å². The van der Waals surface area contributed by atoms with Crippen LogP contribution in [0.15, 0.2) is 0 Å². The van der Waals surface area contributed by atoms with Crippen LogP contribution in [-0.4, -0.2) is 42.1 Å². The van der Waals surface area contributed by atoms with Gasteiger partial charge in [0.15, 0.2) is 0 Å². The second-order valence-corrected chi connectivity index (χ2v) is 6.24. The van der Waals surface area contributed by atoms with Gasteiger partial charge in [0.25, 0.3) is 0 Å².